The molecule has 2 aromatic rings. The highest BCUT2D eigenvalue weighted by Crippen LogP contribution is 2.29. The van der Waals surface area contributed by atoms with Crippen LogP contribution in [-0.2, 0) is 6.42 Å². The summed E-state index contributed by atoms with van der Waals surface area (Å²) in [5.41, 5.74) is 5.65. The van der Waals surface area contributed by atoms with Crippen LogP contribution in [0.25, 0.3) is 0 Å². The third-order valence-electron chi connectivity index (χ3n) is 4.30. The van der Waals surface area contributed by atoms with Gasteiger partial charge in [0, 0.05) is 24.8 Å². The SMILES string of the molecule is CNC(CN1CCc2ccccc21)c1ccccc1C. The smallest absolute Gasteiger partial charge is 0.0498 e. The van der Waals surface area contributed by atoms with Crippen LogP contribution in [0.3, 0.4) is 0 Å². The van der Waals surface area contributed by atoms with Crippen LogP contribution in [0.4, 0.5) is 5.69 Å². The Kier molecular flexibility index (Phi) is 3.75. The molecule has 1 heterocycles. The quantitative estimate of drug-likeness (QED) is 0.913. The van der Waals surface area contributed by atoms with Gasteiger partial charge in [0.15, 0.2) is 0 Å². The molecule has 104 valence electrons. The number of nitrogens with zero attached hydrogens (tertiary/aromatic N) is 1. The number of hydrogen-bond donors (Lipinski definition) is 1. The molecular weight excluding hydrogens is 244 g/mol. The fourth-order valence-electron chi connectivity index (χ4n) is 3.14. The molecule has 2 heteroatoms. The van der Waals surface area contributed by atoms with E-state index in [4.69, 9.17) is 0 Å². The van der Waals surface area contributed by atoms with Crippen molar-refractivity contribution in [2.24, 2.45) is 0 Å². The first-order valence-corrected chi connectivity index (χ1v) is 7.35. The van der Waals surface area contributed by atoms with E-state index in [1.54, 1.807) is 0 Å². The van der Waals surface area contributed by atoms with Crippen LogP contribution < -0.4 is 10.2 Å². The summed E-state index contributed by atoms with van der Waals surface area (Å²) < 4.78 is 0. The van der Waals surface area contributed by atoms with Gasteiger partial charge < -0.3 is 10.2 Å². The molecule has 0 fully saturated rings. The highest BCUT2D eigenvalue weighted by atomic mass is 15.2. The van der Waals surface area contributed by atoms with Gasteiger partial charge >= 0.3 is 0 Å². The summed E-state index contributed by atoms with van der Waals surface area (Å²) in [7, 11) is 2.05. The van der Waals surface area contributed by atoms with Crippen LogP contribution >= 0.6 is 0 Å². The maximum Gasteiger partial charge on any atom is 0.0498 e. The molecule has 20 heavy (non-hydrogen) atoms. The van der Waals surface area contributed by atoms with Crippen molar-refractivity contribution in [1.82, 2.24) is 5.32 Å². The molecule has 0 radical (unpaired) electrons. The standard InChI is InChI=1S/C18H22N2/c1-14-7-3-5-9-16(14)17(19-2)13-20-12-11-15-8-4-6-10-18(15)20/h3-10,17,19H,11-13H2,1-2H3. The third kappa shape index (κ3) is 2.44. The van der Waals surface area contributed by atoms with Crippen molar-refractivity contribution in [1.29, 1.82) is 0 Å². The Bertz CT molecular complexity index is 591. The van der Waals surface area contributed by atoms with Crippen LogP contribution in [0.2, 0.25) is 0 Å². The number of nitrogens with one attached hydrogen (secondary N) is 1. The molecule has 2 aromatic carbocycles. The molecule has 0 bridgehead atoms. The number of para-hydroxylation sites is 1. The molecule has 0 amide bonds. The van der Waals surface area contributed by atoms with E-state index in [2.05, 4.69) is 72.7 Å². The molecule has 0 saturated carbocycles. The Morgan fingerprint density at radius 3 is 2.65 bits per heavy atom. The predicted octanol–water partition coefficient (Wildman–Crippen LogP) is 3.32. The minimum absolute atomic E-state index is 0.377. The zero-order chi connectivity index (χ0) is 13.9. The average molecular weight is 266 g/mol. The number of hydrogen-bond acceptors (Lipinski definition) is 2. The topological polar surface area (TPSA) is 15.3 Å². The molecule has 1 unspecified atom stereocenters. The normalized spacial score (nSPS) is 15.2. The third-order valence-corrected chi connectivity index (χ3v) is 4.30. The second kappa shape index (κ2) is 5.68. The van der Waals surface area contributed by atoms with Crippen molar-refractivity contribution < 1.29 is 0 Å². The Labute approximate surface area is 121 Å². The summed E-state index contributed by atoms with van der Waals surface area (Å²) in [5, 5.41) is 3.48. The molecule has 0 spiro atoms. The van der Waals surface area contributed by atoms with Crippen molar-refractivity contribution >= 4 is 5.69 Å². The van der Waals surface area contributed by atoms with Gasteiger partial charge in [-0.3, -0.25) is 0 Å². The second-order valence-corrected chi connectivity index (χ2v) is 5.52. The molecule has 1 atom stereocenters. The summed E-state index contributed by atoms with van der Waals surface area (Å²) in [6, 6.07) is 17.8. The maximum atomic E-state index is 3.48. The Morgan fingerprint density at radius 2 is 1.85 bits per heavy atom. The van der Waals surface area contributed by atoms with E-state index in [9.17, 15) is 0 Å². The van der Waals surface area contributed by atoms with Crippen LogP contribution in [0, 0.1) is 6.92 Å². The lowest BCUT2D eigenvalue weighted by Crippen LogP contribution is -2.33. The summed E-state index contributed by atoms with van der Waals surface area (Å²) in [5.74, 6) is 0. The fourth-order valence-corrected chi connectivity index (χ4v) is 3.14. The number of aryl methyl sites for hydroxylation is 1. The van der Waals surface area contributed by atoms with Crippen LogP contribution in [0.5, 0.6) is 0 Å². The van der Waals surface area contributed by atoms with Gasteiger partial charge in [0.25, 0.3) is 0 Å². The number of rotatable bonds is 4. The highest BCUT2D eigenvalue weighted by Gasteiger charge is 2.22. The summed E-state index contributed by atoms with van der Waals surface area (Å²) in [6.07, 6.45) is 1.17. The number of likely N-dealkylation sites (N-methyl/N-ethyl adjacent to an activating group) is 1. The van der Waals surface area contributed by atoms with E-state index < -0.39 is 0 Å². The van der Waals surface area contributed by atoms with E-state index >= 15 is 0 Å². The highest BCUT2D eigenvalue weighted by molar-refractivity contribution is 5.58. The van der Waals surface area contributed by atoms with Crippen LogP contribution in [0.1, 0.15) is 22.7 Å². The maximum absolute atomic E-state index is 3.48. The first-order valence-electron chi connectivity index (χ1n) is 7.35. The molecule has 3 rings (SSSR count). The average Bonchev–Trinajstić information content (AvgIpc) is 2.89. The molecule has 1 aliphatic heterocycles. The Morgan fingerprint density at radius 1 is 1.10 bits per heavy atom. The zero-order valence-corrected chi connectivity index (χ0v) is 12.3. The molecule has 1 aliphatic rings. The second-order valence-electron chi connectivity index (χ2n) is 5.52. The minimum atomic E-state index is 0.377. The zero-order valence-electron chi connectivity index (χ0n) is 12.3. The van der Waals surface area contributed by atoms with Gasteiger partial charge in [-0.2, -0.15) is 0 Å². The lowest BCUT2D eigenvalue weighted by Gasteiger charge is -2.27. The van der Waals surface area contributed by atoms with Gasteiger partial charge in [-0.05, 0) is 43.1 Å². The minimum Gasteiger partial charge on any atom is -0.369 e. The molecular formula is C18H22N2. The van der Waals surface area contributed by atoms with E-state index in [0.717, 1.165) is 13.1 Å². The van der Waals surface area contributed by atoms with E-state index in [1.807, 2.05) is 0 Å². The van der Waals surface area contributed by atoms with Gasteiger partial charge in [-0.1, -0.05) is 42.5 Å². The van der Waals surface area contributed by atoms with Gasteiger partial charge in [-0.25, -0.2) is 0 Å². The molecule has 0 aromatic heterocycles. The fraction of sp³-hybridized carbons (Fsp3) is 0.333. The Hall–Kier alpha value is -1.80. The summed E-state index contributed by atoms with van der Waals surface area (Å²) >= 11 is 0. The summed E-state index contributed by atoms with van der Waals surface area (Å²) in [4.78, 5) is 2.50. The number of benzene rings is 2. The van der Waals surface area contributed by atoms with Gasteiger partial charge in [0.05, 0.1) is 0 Å². The number of anilines is 1. The molecule has 0 saturated heterocycles. The van der Waals surface area contributed by atoms with Crippen LogP contribution in [0.15, 0.2) is 48.5 Å². The van der Waals surface area contributed by atoms with Crippen molar-refractivity contribution in [2.75, 3.05) is 25.0 Å². The van der Waals surface area contributed by atoms with Crippen molar-refractivity contribution in [3.05, 3.63) is 65.2 Å². The van der Waals surface area contributed by atoms with Crippen molar-refractivity contribution in [3.63, 3.8) is 0 Å². The molecule has 0 aliphatic carbocycles. The Balaban J connectivity index is 1.82. The first kappa shape index (κ1) is 13.2. The largest absolute Gasteiger partial charge is 0.369 e. The first-order chi connectivity index (χ1) is 9.79. The van der Waals surface area contributed by atoms with E-state index in [-0.39, 0.29) is 0 Å². The monoisotopic (exact) mass is 266 g/mol. The van der Waals surface area contributed by atoms with Gasteiger partial charge in [0.2, 0.25) is 0 Å². The number of fused-ring (bicyclic) bond motifs is 1. The summed E-state index contributed by atoms with van der Waals surface area (Å²) in [6.45, 7) is 4.35. The van der Waals surface area contributed by atoms with Crippen LogP contribution in [-0.4, -0.2) is 20.1 Å². The van der Waals surface area contributed by atoms with E-state index in [1.165, 1.54) is 28.8 Å². The lowest BCUT2D eigenvalue weighted by atomic mass is 10.0. The molecule has 2 nitrogen and oxygen atoms in total. The van der Waals surface area contributed by atoms with E-state index in [0.29, 0.717) is 6.04 Å². The van der Waals surface area contributed by atoms with Crippen molar-refractivity contribution in [3.8, 4) is 0 Å². The lowest BCUT2D eigenvalue weighted by molar-refractivity contribution is 0.577. The van der Waals surface area contributed by atoms with Crippen molar-refractivity contribution in [2.45, 2.75) is 19.4 Å². The van der Waals surface area contributed by atoms with Gasteiger partial charge in [-0.15, -0.1) is 0 Å². The predicted molar refractivity (Wildman–Crippen MR) is 85.3 cm³/mol. The van der Waals surface area contributed by atoms with Gasteiger partial charge in [0.1, 0.15) is 0 Å². The molecule has 1 N–H and O–H groups in total.